The Bertz CT molecular complexity index is 438. The first-order valence-electron chi connectivity index (χ1n) is 7.40. The molecule has 0 saturated carbocycles. The van der Waals surface area contributed by atoms with Gasteiger partial charge in [-0.05, 0) is 6.42 Å². The third-order valence-electron chi connectivity index (χ3n) is 3.25. The highest BCUT2D eigenvalue weighted by atomic mass is 16.4. The van der Waals surface area contributed by atoms with Crippen molar-refractivity contribution in [1.29, 1.82) is 5.26 Å². The molecule has 0 aromatic rings. The van der Waals surface area contributed by atoms with E-state index in [9.17, 15) is 9.59 Å². The van der Waals surface area contributed by atoms with Gasteiger partial charge in [0.1, 0.15) is 11.6 Å². The summed E-state index contributed by atoms with van der Waals surface area (Å²) in [6.45, 7) is 5.73. The molecule has 0 radical (unpaired) electrons. The predicted octanol–water partition coefficient (Wildman–Crippen LogP) is -1.13. The molecule has 22 heavy (non-hydrogen) atoms. The first kappa shape index (κ1) is 17.9. The molecule has 1 fully saturated rings. The fraction of sp³-hybridized carbons (Fsp3) is 0.643. The molecule has 0 unspecified atom stereocenters. The monoisotopic (exact) mass is 309 g/mol. The van der Waals surface area contributed by atoms with Crippen molar-refractivity contribution in [2.75, 3.05) is 45.8 Å². The van der Waals surface area contributed by atoms with E-state index >= 15 is 0 Å². The van der Waals surface area contributed by atoms with Crippen molar-refractivity contribution in [3.05, 3.63) is 11.8 Å². The van der Waals surface area contributed by atoms with Gasteiger partial charge in [-0.3, -0.25) is 14.5 Å². The molecule has 1 heterocycles. The van der Waals surface area contributed by atoms with Crippen LogP contribution in [0.25, 0.3) is 0 Å². The lowest BCUT2D eigenvalue weighted by Gasteiger charge is -2.26. The maximum Gasteiger partial charge on any atom is 0.303 e. The number of hydrogen-bond acceptors (Lipinski definition) is 6. The van der Waals surface area contributed by atoms with Gasteiger partial charge in [0.2, 0.25) is 0 Å². The zero-order valence-electron chi connectivity index (χ0n) is 12.6. The lowest BCUT2D eigenvalue weighted by atomic mass is 10.2. The quantitative estimate of drug-likeness (QED) is 0.242. The van der Waals surface area contributed by atoms with Gasteiger partial charge in [0.05, 0.1) is 0 Å². The van der Waals surface area contributed by atoms with E-state index in [2.05, 4.69) is 20.9 Å². The standard InChI is InChI=1S/C14H23N5O3/c15-10-12(14(22)18-3-1-2-13(20)21)11-17-6-9-19-7-4-16-5-8-19/h11,16-17H,1-9H2,(H,18,22)(H,20,21)/b12-11-. The Morgan fingerprint density at radius 2 is 2.05 bits per heavy atom. The van der Waals surface area contributed by atoms with E-state index in [0.29, 0.717) is 13.0 Å². The van der Waals surface area contributed by atoms with E-state index < -0.39 is 11.9 Å². The lowest BCUT2D eigenvalue weighted by molar-refractivity contribution is -0.137. The van der Waals surface area contributed by atoms with Crippen LogP contribution in [0.15, 0.2) is 11.8 Å². The van der Waals surface area contributed by atoms with Gasteiger partial charge >= 0.3 is 5.97 Å². The third-order valence-corrected chi connectivity index (χ3v) is 3.25. The summed E-state index contributed by atoms with van der Waals surface area (Å²) in [7, 11) is 0. The minimum absolute atomic E-state index is 0.00404. The molecule has 0 aliphatic carbocycles. The zero-order chi connectivity index (χ0) is 16.2. The molecule has 1 amide bonds. The first-order chi connectivity index (χ1) is 10.6. The number of nitriles is 1. The molecule has 1 saturated heterocycles. The summed E-state index contributed by atoms with van der Waals surface area (Å²) < 4.78 is 0. The van der Waals surface area contributed by atoms with Gasteiger partial charge in [-0.15, -0.1) is 0 Å². The molecule has 8 heteroatoms. The molecular weight excluding hydrogens is 286 g/mol. The van der Waals surface area contributed by atoms with Crippen LogP contribution in [0.5, 0.6) is 0 Å². The number of carboxylic acids is 1. The van der Waals surface area contributed by atoms with Crippen LogP contribution < -0.4 is 16.0 Å². The molecule has 1 rings (SSSR count). The molecule has 8 nitrogen and oxygen atoms in total. The van der Waals surface area contributed by atoms with Crippen LogP contribution in [0.2, 0.25) is 0 Å². The Balaban J connectivity index is 2.22. The van der Waals surface area contributed by atoms with Crippen molar-refractivity contribution < 1.29 is 14.7 Å². The second-order valence-corrected chi connectivity index (χ2v) is 4.97. The number of nitrogens with one attached hydrogen (secondary N) is 3. The summed E-state index contributed by atoms with van der Waals surface area (Å²) in [4.78, 5) is 24.4. The first-order valence-corrected chi connectivity index (χ1v) is 7.40. The second-order valence-electron chi connectivity index (χ2n) is 4.97. The molecule has 0 atom stereocenters. The Labute approximate surface area is 130 Å². The molecule has 122 valence electrons. The van der Waals surface area contributed by atoms with Gasteiger partial charge in [0.25, 0.3) is 5.91 Å². The molecule has 0 aromatic heterocycles. The number of aliphatic carboxylic acids is 1. The number of rotatable bonds is 9. The SMILES string of the molecule is N#C/C(=C/NCCN1CCNCC1)C(=O)NCCCC(=O)O. The molecular formula is C14H23N5O3. The molecule has 0 bridgehead atoms. The molecule has 0 aromatic carbocycles. The average Bonchev–Trinajstić information content (AvgIpc) is 2.52. The Morgan fingerprint density at radius 1 is 1.32 bits per heavy atom. The lowest BCUT2D eigenvalue weighted by Crippen LogP contribution is -2.45. The van der Waals surface area contributed by atoms with E-state index in [-0.39, 0.29) is 18.5 Å². The van der Waals surface area contributed by atoms with Crippen LogP contribution in [0.3, 0.4) is 0 Å². The van der Waals surface area contributed by atoms with Gasteiger partial charge in [0, 0.05) is 58.4 Å². The van der Waals surface area contributed by atoms with E-state index in [1.54, 1.807) is 0 Å². The van der Waals surface area contributed by atoms with Crippen molar-refractivity contribution in [3.8, 4) is 6.07 Å². The summed E-state index contributed by atoms with van der Waals surface area (Å²) in [6.07, 6.45) is 1.75. The summed E-state index contributed by atoms with van der Waals surface area (Å²) in [5.74, 6) is -1.39. The maximum absolute atomic E-state index is 11.7. The van der Waals surface area contributed by atoms with Crippen molar-refractivity contribution >= 4 is 11.9 Å². The number of carboxylic acid groups (broad SMARTS) is 1. The number of piperazine rings is 1. The van der Waals surface area contributed by atoms with Gasteiger partial charge in [-0.25, -0.2) is 0 Å². The van der Waals surface area contributed by atoms with Crippen LogP contribution in [-0.4, -0.2) is 67.7 Å². The highest BCUT2D eigenvalue weighted by molar-refractivity contribution is 5.97. The normalized spacial score (nSPS) is 15.9. The van der Waals surface area contributed by atoms with Crippen molar-refractivity contribution in [1.82, 2.24) is 20.9 Å². The molecule has 4 N–H and O–H groups in total. The van der Waals surface area contributed by atoms with E-state index in [1.807, 2.05) is 6.07 Å². The predicted molar refractivity (Wildman–Crippen MR) is 80.9 cm³/mol. The van der Waals surface area contributed by atoms with Crippen molar-refractivity contribution in [2.45, 2.75) is 12.8 Å². The zero-order valence-corrected chi connectivity index (χ0v) is 12.6. The fourth-order valence-corrected chi connectivity index (χ4v) is 2.02. The smallest absolute Gasteiger partial charge is 0.303 e. The van der Waals surface area contributed by atoms with E-state index in [0.717, 1.165) is 32.7 Å². The maximum atomic E-state index is 11.7. The second kappa shape index (κ2) is 10.6. The molecule has 1 aliphatic heterocycles. The highest BCUT2D eigenvalue weighted by Gasteiger charge is 2.10. The summed E-state index contributed by atoms with van der Waals surface area (Å²) in [5.41, 5.74) is -0.00404. The minimum atomic E-state index is -0.903. The van der Waals surface area contributed by atoms with Gasteiger partial charge < -0.3 is 21.1 Å². The van der Waals surface area contributed by atoms with Crippen LogP contribution in [0.1, 0.15) is 12.8 Å². The Hall–Kier alpha value is -2.11. The van der Waals surface area contributed by atoms with Crippen LogP contribution in [-0.2, 0) is 9.59 Å². The van der Waals surface area contributed by atoms with Crippen molar-refractivity contribution in [2.24, 2.45) is 0 Å². The molecule has 0 spiro atoms. The largest absolute Gasteiger partial charge is 0.481 e. The average molecular weight is 309 g/mol. The topological polar surface area (TPSA) is 117 Å². The number of nitrogens with zero attached hydrogens (tertiary/aromatic N) is 2. The van der Waals surface area contributed by atoms with Gasteiger partial charge in [0.15, 0.2) is 0 Å². The Kier molecular flexibility index (Phi) is 8.64. The number of carbonyl (C=O) groups excluding carboxylic acids is 1. The number of carbonyl (C=O) groups is 2. The highest BCUT2D eigenvalue weighted by Crippen LogP contribution is 1.93. The summed E-state index contributed by atoms with van der Waals surface area (Å²) in [6, 6.07) is 1.84. The molecule has 1 aliphatic rings. The van der Waals surface area contributed by atoms with Gasteiger partial charge in [-0.2, -0.15) is 5.26 Å². The number of hydrogen-bond donors (Lipinski definition) is 4. The van der Waals surface area contributed by atoms with Crippen LogP contribution in [0.4, 0.5) is 0 Å². The third kappa shape index (κ3) is 7.61. The van der Waals surface area contributed by atoms with Crippen LogP contribution in [0, 0.1) is 11.3 Å². The summed E-state index contributed by atoms with van der Waals surface area (Å²) in [5, 5.41) is 26.2. The van der Waals surface area contributed by atoms with Crippen molar-refractivity contribution in [3.63, 3.8) is 0 Å². The van der Waals surface area contributed by atoms with E-state index in [1.165, 1.54) is 6.20 Å². The minimum Gasteiger partial charge on any atom is -0.481 e. The van der Waals surface area contributed by atoms with E-state index in [4.69, 9.17) is 10.4 Å². The fourth-order valence-electron chi connectivity index (χ4n) is 2.02. The Morgan fingerprint density at radius 3 is 2.68 bits per heavy atom. The van der Waals surface area contributed by atoms with Crippen LogP contribution >= 0.6 is 0 Å². The number of amides is 1. The summed E-state index contributed by atoms with van der Waals surface area (Å²) >= 11 is 0. The van der Waals surface area contributed by atoms with Gasteiger partial charge in [-0.1, -0.05) is 0 Å².